The highest BCUT2D eigenvalue weighted by atomic mass is 32.2. The van der Waals surface area contributed by atoms with E-state index in [2.05, 4.69) is 10.3 Å². The molecule has 0 aliphatic carbocycles. The number of aryl methyl sites for hydroxylation is 4. The Morgan fingerprint density at radius 2 is 1.50 bits per heavy atom. The molecule has 6 nitrogen and oxygen atoms in total. The second-order valence-electron chi connectivity index (χ2n) is 8.39. The number of anilines is 1. The average Bonchev–Trinajstić information content (AvgIpc) is 3.16. The third-order valence-corrected chi connectivity index (χ3v) is 7.36. The Balaban J connectivity index is 1.52. The molecule has 1 amide bonds. The fourth-order valence-electron chi connectivity index (χ4n) is 3.66. The number of aromatic nitrogens is 1. The van der Waals surface area contributed by atoms with Crippen LogP contribution in [0.2, 0.25) is 0 Å². The zero-order valence-electron chi connectivity index (χ0n) is 19.5. The van der Waals surface area contributed by atoms with Crippen LogP contribution in [0.15, 0.2) is 76.0 Å². The van der Waals surface area contributed by atoms with Crippen LogP contribution in [0.5, 0.6) is 0 Å². The van der Waals surface area contributed by atoms with Crippen LogP contribution >= 0.6 is 0 Å². The van der Waals surface area contributed by atoms with Gasteiger partial charge in [-0.2, -0.15) is 0 Å². The minimum Gasteiger partial charge on any atom is -0.441 e. The summed E-state index contributed by atoms with van der Waals surface area (Å²) in [6.07, 6.45) is 0. The Morgan fingerprint density at radius 1 is 0.882 bits per heavy atom. The number of carbonyl (C=O) groups is 1. The molecular weight excluding hydrogens is 448 g/mol. The number of sulfone groups is 1. The van der Waals surface area contributed by atoms with E-state index >= 15 is 0 Å². The van der Waals surface area contributed by atoms with E-state index in [9.17, 15) is 13.2 Å². The molecular formula is C27H26N2O4S. The number of benzene rings is 3. The van der Waals surface area contributed by atoms with Crippen molar-refractivity contribution in [1.29, 1.82) is 0 Å². The number of hydrogen-bond donors (Lipinski definition) is 1. The number of hydrogen-bond acceptors (Lipinski definition) is 5. The maximum Gasteiger partial charge on any atom is 0.255 e. The van der Waals surface area contributed by atoms with Gasteiger partial charge in [-0.3, -0.25) is 4.79 Å². The fourth-order valence-corrected chi connectivity index (χ4v) is 5.00. The normalized spacial score (nSPS) is 11.4. The van der Waals surface area contributed by atoms with E-state index in [1.54, 1.807) is 55.5 Å². The second-order valence-corrected chi connectivity index (χ2v) is 10.4. The Hall–Kier alpha value is -3.71. The van der Waals surface area contributed by atoms with E-state index in [0.717, 1.165) is 22.4 Å². The third-order valence-electron chi connectivity index (χ3n) is 5.71. The van der Waals surface area contributed by atoms with Crippen LogP contribution in [-0.4, -0.2) is 19.3 Å². The molecule has 1 N–H and O–H groups in total. The molecule has 1 heterocycles. The molecule has 174 valence electrons. The number of amides is 1. The van der Waals surface area contributed by atoms with Gasteiger partial charge in [-0.1, -0.05) is 35.9 Å². The van der Waals surface area contributed by atoms with Crippen molar-refractivity contribution < 1.29 is 17.6 Å². The Labute approximate surface area is 199 Å². The predicted molar refractivity (Wildman–Crippen MR) is 133 cm³/mol. The van der Waals surface area contributed by atoms with Gasteiger partial charge in [-0.15, -0.1) is 0 Å². The molecule has 0 atom stereocenters. The first-order valence-electron chi connectivity index (χ1n) is 10.9. The minimum atomic E-state index is -3.55. The summed E-state index contributed by atoms with van der Waals surface area (Å²) in [6.45, 7) is 7.51. The van der Waals surface area contributed by atoms with E-state index in [4.69, 9.17) is 4.42 Å². The second kappa shape index (κ2) is 9.27. The lowest BCUT2D eigenvalue weighted by Crippen LogP contribution is -2.13. The summed E-state index contributed by atoms with van der Waals surface area (Å²) in [7, 11) is -3.55. The van der Waals surface area contributed by atoms with Crippen LogP contribution in [0.1, 0.15) is 38.5 Å². The first kappa shape index (κ1) is 23.4. The van der Waals surface area contributed by atoms with Gasteiger partial charge in [-0.25, -0.2) is 13.4 Å². The van der Waals surface area contributed by atoms with Crippen LogP contribution in [0.4, 0.5) is 5.69 Å². The molecule has 0 aliphatic heterocycles. The molecule has 1 aromatic heterocycles. The highest BCUT2D eigenvalue weighted by Crippen LogP contribution is 2.26. The molecule has 0 bridgehead atoms. The van der Waals surface area contributed by atoms with E-state index in [0.29, 0.717) is 28.5 Å². The summed E-state index contributed by atoms with van der Waals surface area (Å²) in [5.41, 5.74) is 5.31. The molecule has 34 heavy (non-hydrogen) atoms. The van der Waals surface area contributed by atoms with Gasteiger partial charge in [0.1, 0.15) is 11.5 Å². The summed E-state index contributed by atoms with van der Waals surface area (Å²) < 4.78 is 31.4. The van der Waals surface area contributed by atoms with Crippen LogP contribution < -0.4 is 5.32 Å². The summed E-state index contributed by atoms with van der Waals surface area (Å²) in [5.74, 6) is 0.301. The fraction of sp³-hybridized carbons (Fsp3) is 0.185. The SMILES string of the molecule is Cc1ccc(S(=O)(=O)Cc2nc(-c3ccc(C(=O)Nc4c(C)cccc4C)cc3)oc2C)cc1. The lowest BCUT2D eigenvalue weighted by atomic mass is 10.1. The Bertz CT molecular complexity index is 1430. The Morgan fingerprint density at radius 3 is 2.12 bits per heavy atom. The number of nitrogens with zero attached hydrogens (tertiary/aromatic N) is 1. The van der Waals surface area contributed by atoms with Crippen LogP contribution in [0.25, 0.3) is 11.5 Å². The van der Waals surface area contributed by atoms with Crippen LogP contribution in [0.3, 0.4) is 0 Å². The smallest absolute Gasteiger partial charge is 0.255 e. The molecule has 7 heteroatoms. The molecule has 0 saturated heterocycles. The lowest BCUT2D eigenvalue weighted by Gasteiger charge is -2.11. The van der Waals surface area contributed by atoms with Crippen molar-refractivity contribution in [2.45, 2.75) is 38.3 Å². The van der Waals surface area contributed by atoms with Crippen molar-refractivity contribution in [3.63, 3.8) is 0 Å². The van der Waals surface area contributed by atoms with Gasteiger partial charge in [0.25, 0.3) is 5.91 Å². The van der Waals surface area contributed by atoms with Crippen LogP contribution in [-0.2, 0) is 15.6 Å². The molecule has 0 radical (unpaired) electrons. The molecule has 0 saturated carbocycles. The number of para-hydroxylation sites is 1. The van der Waals surface area contributed by atoms with E-state index < -0.39 is 9.84 Å². The molecule has 4 aromatic rings. The van der Waals surface area contributed by atoms with Gasteiger partial charge in [0.05, 0.1) is 10.6 Å². The van der Waals surface area contributed by atoms with E-state index in [-0.39, 0.29) is 16.6 Å². The van der Waals surface area contributed by atoms with Crippen molar-refractivity contribution in [3.8, 4) is 11.5 Å². The predicted octanol–water partition coefficient (Wildman–Crippen LogP) is 5.80. The van der Waals surface area contributed by atoms with Gasteiger partial charge in [0.2, 0.25) is 5.89 Å². The van der Waals surface area contributed by atoms with Gasteiger partial charge in [0.15, 0.2) is 9.84 Å². The van der Waals surface area contributed by atoms with Gasteiger partial charge >= 0.3 is 0 Å². The van der Waals surface area contributed by atoms with Crippen molar-refractivity contribution >= 4 is 21.4 Å². The standard InChI is InChI=1S/C27H26N2O4S/c1-17-8-14-23(15-9-17)34(31,32)16-24-20(4)33-27(28-24)22-12-10-21(11-13-22)26(30)29-25-18(2)6-5-7-19(25)3/h5-15H,16H2,1-4H3,(H,29,30). The third kappa shape index (κ3) is 4.94. The summed E-state index contributed by atoms with van der Waals surface area (Å²) in [4.78, 5) is 17.4. The zero-order valence-corrected chi connectivity index (χ0v) is 20.4. The van der Waals surface area contributed by atoms with E-state index in [1.165, 1.54) is 0 Å². The zero-order chi connectivity index (χ0) is 24.5. The molecule has 0 aliphatic rings. The topological polar surface area (TPSA) is 89.3 Å². The monoisotopic (exact) mass is 474 g/mol. The minimum absolute atomic E-state index is 0.211. The lowest BCUT2D eigenvalue weighted by molar-refractivity contribution is 0.102. The first-order valence-corrected chi connectivity index (χ1v) is 12.5. The van der Waals surface area contributed by atoms with Crippen LogP contribution in [0, 0.1) is 27.7 Å². The maximum atomic E-state index is 12.8. The first-order chi connectivity index (χ1) is 16.1. The van der Waals surface area contributed by atoms with Gasteiger partial charge < -0.3 is 9.73 Å². The number of carbonyl (C=O) groups excluding carboxylic acids is 1. The average molecular weight is 475 g/mol. The largest absolute Gasteiger partial charge is 0.441 e. The highest BCUT2D eigenvalue weighted by molar-refractivity contribution is 7.90. The molecule has 4 rings (SSSR count). The highest BCUT2D eigenvalue weighted by Gasteiger charge is 2.21. The molecule has 0 unspecified atom stereocenters. The van der Waals surface area contributed by atoms with Crippen molar-refractivity contribution in [1.82, 2.24) is 4.98 Å². The maximum absolute atomic E-state index is 12.8. The number of nitrogens with one attached hydrogen (secondary N) is 1. The van der Waals surface area contributed by atoms with Crippen molar-refractivity contribution in [2.24, 2.45) is 0 Å². The van der Waals surface area contributed by atoms with Crippen molar-refractivity contribution in [2.75, 3.05) is 5.32 Å². The quantitative estimate of drug-likeness (QED) is 0.381. The van der Waals surface area contributed by atoms with Gasteiger partial charge in [-0.05, 0) is 75.2 Å². The molecule has 3 aromatic carbocycles. The number of oxazole rings is 1. The summed E-state index contributed by atoms with van der Waals surface area (Å²) in [6, 6.07) is 19.5. The van der Waals surface area contributed by atoms with Gasteiger partial charge in [0, 0.05) is 16.8 Å². The molecule has 0 fully saturated rings. The summed E-state index contributed by atoms with van der Waals surface area (Å²) >= 11 is 0. The van der Waals surface area contributed by atoms with E-state index in [1.807, 2.05) is 39.0 Å². The summed E-state index contributed by atoms with van der Waals surface area (Å²) in [5, 5.41) is 2.97. The van der Waals surface area contributed by atoms with Crippen molar-refractivity contribution in [3.05, 3.63) is 100 Å². The molecule has 0 spiro atoms. The Kier molecular flexibility index (Phi) is 6.39. The number of rotatable bonds is 6.